The number of fused-ring (bicyclic) bond motifs is 1. The number of hydrogen-bond acceptors (Lipinski definition) is 5. The molecule has 0 saturated carbocycles. The first kappa shape index (κ1) is 13.1. The molecule has 0 bridgehead atoms. The monoisotopic (exact) mass is 305 g/mol. The van der Waals surface area contributed by atoms with Crippen molar-refractivity contribution in [1.29, 1.82) is 0 Å². The number of nitrogens with zero attached hydrogens (tertiary/aromatic N) is 6. The van der Waals surface area contributed by atoms with Crippen LogP contribution in [0.5, 0.6) is 0 Å². The Morgan fingerprint density at radius 1 is 1.04 bits per heavy atom. The molecule has 0 spiro atoms. The van der Waals surface area contributed by atoms with Gasteiger partial charge < -0.3 is 0 Å². The maximum Gasteiger partial charge on any atom is 0.270 e. The van der Waals surface area contributed by atoms with E-state index < -0.39 is 0 Å². The van der Waals surface area contributed by atoms with Crippen molar-refractivity contribution >= 4 is 16.9 Å². The van der Waals surface area contributed by atoms with Crippen molar-refractivity contribution in [3.05, 3.63) is 66.7 Å². The fourth-order valence-electron chi connectivity index (χ4n) is 2.29. The molecule has 0 aliphatic carbocycles. The second-order valence-corrected chi connectivity index (χ2v) is 4.85. The normalized spacial score (nSPS) is 10.8. The van der Waals surface area contributed by atoms with Crippen LogP contribution in [0.25, 0.3) is 16.7 Å². The molecule has 2 heterocycles. The van der Waals surface area contributed by atoms with Crippen LogP contribution in [0.15, 0.2) is 61.2 Å². The number of aromatic nitrogens is 6. The zero-order valence-corrected chi connectivity index (χ0v) is 11.9. The summed E-state index contributed by atoms with van der Waals surface area (Å²) in [6.07, 6.45) is 3.05. The van der Waals surface area contributed by atoms with Crippen molar-refractivity contribution in [3.63, 3.8) is 0 Å². The molecule has 8 heteroatoms. The molecule has 0 atom stereocenters. The van der Waals surface area contributed by atoms with Gasteiger partial charge in [-0.3, -0.25) is 10.2 Å². The second kappa shape index (κ2) is 5.34. The molecule has 1 amide bonds. The minimum atomic E-state index is -0.247. The van der Waals surface area contributed by atoms with E-state index in [1.807, 2.05) is 30.3 Å². The van der Waals surface area contributed by atoms with Gasteiger partial charge in [0, 0.05) is 5.56 Å². The van der Waals surface area contributed by atoms with E-state index in [9.17, 15) is 4.79 Å². The van der Waals surface area contributed by atoms with Gasteiger partial charge in [0.25, 0.3) is 5.91 Å². The first-order valence-electron chi connectivity index (χ1n) is 6.88. The highest BCUT2D eigenvalue weighted by Gasteiger charge is 2.10. The van der Waals surface area contributed by atoms with Crippen molar-refractivity contribution in [2.45, 2.75) is 0 Å². The zero-order valence-electron chi connectivity index (χ0n) is 11.9. The summed E-state index contributed by atoms with van der Waals surface area (Å²) in [5.41, 5.74) is 5.66. The lowest BCUT2D eigenvalue weighted by Crippen LogP contribution is -2.22. The minimum absolute atomic E-state index is 0.247. The number of hydrogen-bond donors (Lipinski definition) is 1. The Labute approximate surface area is 130 Å². The van der Waals surface area contributed by atoms with Gasteiger partial charge in [-0.2, -0.15) is 0 Å². The van der Waals surface area contributed by atoms with E-state index in [0.717, 1.165) is 11.0 Å². The molecule has 8 nitrogen and oxygen atoms in total. The summed E-state index contributed by atoms with van der Waals surface area (Å²) >= 11 is 0. The Hall–Kier alpha value is -3.55. The van der Waals surface area contributed by atoms with Gasteiger partial charge in [-0.25, -0.2) is 14.3 Å². The van der Waals surface area contributed by atoms with Gasteiger partial charge in [0.05, 0.1) is 16.7 Å². The molecule has 2 aromatic heterocycles. The fourth-order valence-corrected chi connectivity index (χ4v) is 2.29. The maximum absolute atomic E-state index is 12.5. The highest BCUT2D eigenvalue weighted by Crippen LogP contribution is 2.12. The second-order valence-electron chi connectivity index (χ2n) is 4.85. The van der Waals surface area contributed by atoms with E-state index in [1.54, 1.807) is 29.2 Å². The summed E-state index contributed by atoms with van der Waals surface area (Å²) in [5, 5.41) is 11.0. The highest BCUT2D eigenvalue weighted by atomic mass is 16.2. The number of imidazole rings is 1. The Kier molecular flexibility index (Phi) is 3.05. The Morgan fingerprint density at radius 2 is 1.96 bits per heavy atom. The van der Waals surface area contributed by atoms with Crippen molar-refractivity contribution in [2.75, 3.05) is 5.43 Å². The molecular formula is C15H11N7O. The van der Waals surface area contributed by atoms with Crippen LogP contribution in [0.1, 0.15) is 10.4 Å². The lowest BCUT2D eigenvalue weighted by Gasteiger charge is -2.08. The topological polar surface area (TPSA) is 90.5 Å². The number of carbonyl (C=O) groups is 1. The summed E-state index contributed by atoms with van der Waals surface area (Å²) in [7, 11) is 0. The molecule has 23 heavy (non-hydrogen) atoms. The molecule has 0 aliphatic rings. The number of amides is 1. The molecule has 0 aliphatic heterocycles. The standard InChI is InChI=1S/C15H11N7O/c23-15(18-22-9-16-13-6-1-2-7-14(13)22)11-4-3-5-12(8-11)21-10-17-19-20-21/h1-10H,(H,18,23). The molecule has 4 rings (SSSR count). The number of para-hydroxylation sites is 2. The van der Waals surface area contributed by atoms with Gasteiger partial charge in [-0.1, -0.05) is 18.2 Å². The smallest absolute Gasteiger partial charge is 0.267 e. The quantitative estimate of drug-likeness (QED) is 0.618. The number of carbonyl (C=O) groups excluding carboxylic acids is 1. The Balaban J connectivity index is 1.63. The fraction of sp³-hybridized carbons (Fsp3) is 0. The number of nitrogens with one attached hydrogen (secondary N) is 1. The summed E-state index contributed by atoms with van der Waals surface area (Å²) < 4.78 is 3.09. The molecule has 1 N–H and O–H groups in total. The molecule has 112 valence electrons. The van der Waals surface area contributed by atoms with Crippen LogP contribution in [0.4, 0.5) is 0 Å². The summed E-state index contributed by atoms with van der Waals surface area (Å²) in [6, 6.07) is 14.6. The third-order valence-corrected chi connectivity index (χ3v) is 3.40. The van der Waals surface area contributed by atoms with Gasteiger partial charge in [0.15, 0.2) is 0 Å². The third kappa shape index (κ3) is 2.42. The molecule has 0 radical (unpaired) electrons. The molecule has 2 aromatic carbocycles. The van der Waals surface area contributed by atoms with Gasteiger partial charge in [-0.05, 0) is 40.8 Å². The van der Waals surface area contributed by atoms with Crippen molar-refractivity contribution in [2.24, 2.45) is 0 Å². The van der Waals surface area contributed by atoms with E-state index in [1.165, 1.54) is 11.0 Å². The van der Waals surface area contributed by atoms with Crippen LogP contribution < -0.4 is 5.43 Å². The van der Waals surface area contributed by atoms with Gasteiger partial charge in [-0.15, -0.1) is 5.10 Å². The third-order valence-electron chi connectivity index (χ3n) is 3.40. The lowest BCUT2D eigenvalue weighted by molar-refractivity contribution is 0.101. The summed E-state index contributed by atoms with van der Waals surface area (Å²) in [6.45, 7) is 0. The Morgan fingerprint density at radius 3 is 2.83 bits per heavy atom. The van der Waals surface area contributed by atoms with Gasteiger partial charge in [0.2, 0.25) is 0 Å². The predicted molar refractivity (Wildman–Crippen MR) is 82.6 cm³/mol. The summed E-state index contributed by atoms with van der Waals surface area (Å²) in [4.78, 5) is 16.7. The van der Waals surface area contributed by atoms with Crippen LogP contribution in [0, 0.1) is 0 Å². The van der Waals surface area contributed by atoms with Gasteiger partial charge >= 0.3 is 0 Å². The van der Waals surface area contributed by atoms with E-state index >= 15 is 0 Å². The van der Waals surface area contributed by atoms with Crippen LogP contribution in [0.2, 0.25) is 0 Å². The SMILES string of the molecule is O=C(Nn1cnc2ccccc21)c1cccc(-n2cnnn2)c1. The molecule has 0 saturated heterocycles. The van der Waals surface area contributed by atoms with E-state index in [2.05, 4.69) is 25.9 Å². The Bertz CT molecular complexity index is 974. The van der Waals surface area contributed by atoms with E-state index in [-0.39, 0.29) is 5.91 Å². The highest BCUT2D eigenvalue weighted by molar-refractivity contribution is 6.01. The van der Waals surface area contributed by atoms with Crippen LogP contribution in [0.3, 0.4) is 0 Å². The molecule has 0 unspecified atom stereocenters. The van der Waals surface area contributed by atoms with E-state index in [4.69, 9.17) is 0 Å². The number of rotatable bonds is 3. The summed E-state index contributed by atoms with van der Waals surface area (Å²) in [5.74, 6) is -0.247. The van der Waals surface area contributed by atoms with Crippen LogP contribution >= 0.6 is 0 Å². The average Bonchev–Trinajstić information content (AvgIpc) is 3.25. The first-order valence-corrected chi connectivity index (χ1v) is 6.88. The van der Waals surface area contributed by atoms with Crippen LogP contribution in [-0.2, 0) is 0 Å². The van der Waals surface area contributed by atoms with Gasteiger partial charge in [0.1, 0.15) is 12.7 Å². The number of benzene rings is 2. The van der Waals surface area contributed by atoms with Crippen molar-refractivity contribution in [1.82, 2.24) is 29.9 Å². The average molecular weight is 305 g/mol. The zero-order chi connectivity index (χ0) is 15.6. The first-order chi connectivity index (χ1) is 11.3. The minimum Gasteiger partial charge on any atom is -0.267 e. The predicted octanol–water partition coefficient (Wildman–Crippen LogP) is 1.40. The molecular weight excluding hydrogens is 294 g/mol. The van der Waals surface area contributed by atoms with E-state index in [0.29, 0.717) is 11.3 Å². The van der Waals surface area contributed by atoms with Crippen LogP contribution in [-0.4, -0.2) is 35.8 Å². The lowest BCUT2D eigenvalue weighted by atomic mass is 10.2. The maximum atomic E-state index is 12.5. The van der Waals surface area contributed by atoms with Crippen molar-refractivity contribution < 1.29 is 4.79 Å². The molecule has 0 fully saturated rings. The molecule has 4 aromatic rings. The number of tetrazole rings is 1. The van der Waals surface area contributed by atoms with Crippen molar-refractivity contribution in [3.8, 4) is 5.69 Å². The largest absolute Gasteiger partial charge is 0.270 e.